The van der Waals surface area contributed by atoms with Crippen molar-refractivity contribution in [1.82, 2.24) is 33.2 Å². The number of hydrogen-bond acceptors (Lipinski definition) is 3. The second kappa shape index (κ2) is 19.8. The number of rotatable bonds is 9. The lowest BCUT2D eigenvalue weighted by molar-refractivity contribution is 0.893. The zero-order valence-electron chi connectivity index (χ0n) is 47.6. The molecule has 0 atom stereocenters. The highest BCUT2D eigenvalue weighted by atomic mass is 15.3. The van der Waals surface area contributed by atoms with Crippen molar-refractivity contribution < 1.29 is 0 Å². The van der Waals surface area contributed by atoms with Gasteiger partial charge in [-0.2, -0.15) is 15.0 Å². The van der Waals surface area contributed by atoms with Crippen LogP contribution < -0.4 is 0 Å². The van der Waals surface area contributed by atoms with Crippen LogP contribution in [0.25, 0.3) is 166 Å². The standard InChI is InChI=1S/C81H51N7/c1-4-20-52(21-5-1)53-22-18-23-54(46-53)55-24-19-25-60(47-55)79-82-80(87-73-36-16-12-32-65(73)69-48-56(40-44-75(69)87)58-38-42-67-63-30-10-14-34-71(63)85(77(67)50-58)61-26-6-2-7-27-61)84-81(83-79)88-74-37-17-13-33-66(74)70-49-57(41-45-76(70)88)59-39-43-68-64-31-11-15-35-72(64)86(78(68)51-59)62-28-8-3-9-29-62/h1-51H. The molecule has 0 amide bonds. The lowest BCUT2D eigenvalue weighted by Gasteiger charge is -2.13. The van der Waals surface area contributed by atoms with Gasteiger partial charge >= 0.3 is 0 Å². The molecule has 0 aliphatic heterocycles. The number of fused-ring (bicyclic) bond motifs is 12. The Morgan fingerprint density at radius 3 is 0.943 bits per heavy atom. The van der Waals surface area contributed by atoms with Crippen LogP contribution in [0.4, 0.5) is 0 Å². The van der Waals surface area contributed by atoms with Crippen molar-refractivity contribution in [3.8, 4) is 79.2 Å². The second-order valence-corrected chi connectivity index (χ2v) is 22.8. The van der Waals surface area contributed by atoms with E-state index in [4.69, 9.17) is 15.0 Å². The summed E-state index contributed by atoms with van der Waals surface area (Å²) in [5, 5.41) is 9.32. The van der Waals surface area contributed by atoms with Crippen LogP contribution in [-0.4, -0.2) is 33.2 Å². The molecule has 0 saturated heterocycles. The first-order valence-corrected chi connectivity index (χ1v) is 29.9. The molecular formula is C81H51N7. The van der Waals surface area contributed by atoms with E-state index >= 15 is 0 Å². The summed E-state index contributed by atoms with van der Waals surface area (Å²) in [5.74, 6) is 1.61. The van der Waals surface area contributed by atoms with E-state index in [1.807, 2.05) is 0 Å². The Kier molecular flexibility index (Phi) is 11.2. The normalized spacial score (nSPS) is 11.9. The molecule has 18 aromatic rings. The molecule has 0 spiro atoms. The molecule has 5 aromatic heterocycles. The van der Waals surface area contributed by atoms with E-state index in [1.165, 1.54) is 38.1 Å². The lowest BCUT2D eigenvalue weighted by Crippen LogP contribution is -2.10. The van der Waals surface area contributed by atoms with Crippen LogP contribution in [0.1, 0.15) is 0 Å². The number of benzene rings is 13. The number of aromatic nitrogens is 7. The Morgan fingerprint density at radius 2 is 0.477 bits per heavy atom. The topological polar surface area (TPSA) is 58.4 Å². The van der Waals surface area contributed by atoms with Gasteiger partial charge in [0, 0.05) is 60.0 Å². The van der Waals surface area contributed by atoms with Gasteiger partial charge in [0.2, 0.25) is 11.9 Å². The fourth-order valence-electron chi connectivity index (χ4n) is 13.8. The van der Waals surface area contributed by atoms with Gasteiger partial charge in [0.05, 0.1) is 44.1 Å². The van der Waals surface area contributed by atoms with Gasteiger partial charge in [-0.25, -0.2) is 0 Å². The van der Waals surface area contributed by atoms with E-state index in [1.54, 1.807) is 0 Å². The third-order valence-electron chi connectivity index (χ3n) is 17.8. The first kappa shape index (κ1) is 49.5. The summed E-state index contributed by atoms with van der Waals surface area (Å²) < 4.78 is 9.22. The van der Waals surface area contributed by atoms with Gasteiger partial charge < -0.3 is 9.13 Å². The van der Waals surface area contributed by atoms with Gasteiger partial charge in [-0.15, -0.1) is 0 Å². The molecule has 7 heteroatoms. The number of hydrogen-bond donors (Lipinski definition) is 0. The Balaban J connectivity index is 0.826. The number of para-hydroxylation sites is 6. The summed E-state index contributed by atoms with van der Waals surface area (Å²) in [7, 11) is 0. The van der Waals surface area contributed by atoms with E-state index in [-0.39, 0.29) is 0 Å². The average Bonchev–Trinajstić information content (AvgIpc) is 2.74. The van der Waals surface area contributed by atoms with Gasteiger partial charge in [0.1, 0.15) is 0 Å². The molecule has 7 nitrogen and oxygen atoms in total. The molecule has 88 heavy (non-hydrogen) atoms. The fraction of sp³-hybridized carbons (Fsp3) is 0. The maximum atomic E-state index is 5.62. The molecule has 18 rings (SSSR count). The maximum absolute atomic E-state index is 5.62. The van der Waals surface area contributed by atoms with Crippen LogP contribution in [0.5, 0.6) is 0 Å². The van der Waals surface area contributed by atoms with Gasteiger partial charge in [-0.3, -0.25) is 9.13 Å². The first-order chi connectivity index (χ1) is 43.6. The van der Waals surface area contributed by atoms with Crippen LogP contribution >= 0.6 is 0 Å². The Morgan fingerprint density at radius 1 is 0.170 bits per heavy atom. The van der Waals surface area contributed by atoms with Gasteiger partial charge in [-0.05, 0) is 142 Å². The van der Waals surface area contributed by atoms with Crippen molar-refractivity contribution in [3.63, 3.8) is 0 Å². The molecule has 13 aromatic carbocycles. The second-order valence-electron chi connectivity index (χ2n) is 22.8. The van der Waals surface area contributed by atoms with Crippen molar-refractivity contribution in [2.45, 2.75) is 0 Å². The fourth-order valence-corrected chi connectivity index (χ4v) is 13.8. The molecule has 0 radical (unpaired) electrons. The molecule has 410 valence electrons. The van der Waals surface area contributed by atoms with Crippen LogP contribution in [0.15, 0.2) is 309 Å². The zero-order valence-corrected chi connectivity index (χ0v) is 47.6. The molecule has 0 aliphatic carbocycles. The van der Waals surface area contributed by atoms with Gasteiger partial charge in [-0.1, -0.05) is 212 Å². The monoisotopic (exact) mass is 1120 g/mol. The highest BCUT2D eigenvalue weighted by Gasteiger charge is 2.23. The Hall–Kier alpha value is -11.9. The van der Waals surface area contributed by atoms with Crippen molar-refractivity contribution >= 4 is 87.2 Å². The third-order valence-corrected chi connectivity index (χ3v) is 17.8. The minimum Gasteiger partial charge on any atom is -0.309 e. The highest BCUT2D eigenvalue weighted by molar-refractivity contribution is 6.14. The lowest BCUT2D eigenvalue weighted by atomic mass is 9.98. The largest absolute Gasteiger partial charge is 0.309 e. The van der Waals surface area contributed by atoms with Crippen LogP contribution in [0.2, 0.25) is 0 Å². The summed E-state index contributed by atoms with van der Waals surface area (Å²) in [4.78, 5) is 16.7. The highest BCUT2D eigenvalue weighted by Crippen LogP contribution is 2.42. The maximum Gasteiger partial charge on any atom is 0.240 e. The van der Waals surface area contributed by atoms with Crippen molar-refractivity contribution in [2.75, 3.05) is 0 Å². The van der Waals surface area contributed by atoms with Gasteiger partial charge in [0.25, 0.3) is 0 Å². The molecular weight excluding hydrogens is 1070 g/mol. The molecule has 0 unspecified atom stereocenters. The number of nitrogens with zero attached hydrogens (tertiary/aromatic N) is 7. The quantitative estimate of drug-likeness (QED) is 0.145. The average molecular weight is 1120 g/mol. The van der Waals surface area contributed by atoms with E-state index < -0.39 is 0 Å². The smallest absolute Gasteiger partial charge is 0.240 e. The SMILES string of the molecule is c1ccc(-c2cccc(-c3cccc(-c4nc(-n5c6ccccc6c6cc(-c7ccc8c9ccccc9n(-c9ccccc9)c8c7)ccc65)nc(-n5c6ccccc6c6cc(-c7ccc8c9ccccc9n(-c9ccccc9)c8c7)ccc65)n4)c3)c2)cc1. The molecule has 5 heterocycles. The van der Waals surface area contributed by atoms with Gasteiger partial charge in [0.15, 0.2) is 5.82 Å². The molecule has 0 bridgehead atoms. The Labute approximate surface area is 506 Å². The summed E-state index contributed by atoms with van der Waals surface area (Å²) >= 11 is 0. The molecule has 0 fully saturated rings. The summed E-state index contributed by atoms with van der Waals surface area (Å²) in [6, 6.07) is 111. The minimum atomic E-state index is 0.522. The van der Waals surface area contributed by atoms with Crippen molar-refractivity contribution in [3.05, 3.63) is 309 Å². The van der Waals surface area contributed by atoms with Crippen LogP contribution in [0, 0.1) is 0 Å². The van der Waals surface area contributed by atoms with Crippen molar-refractivity contribution in [1.29, 1.82) is 0 Å². The van der Waals surface area contributed by atoms with E-state index in [0.717, 1.165) is 111 Å². The minimum absolute atomic E-state index is 0.522. The Bertz CT molecular complexity index is 5520. The summed E-state index contributed by atoms with van der Waals surface area (Å²) in [6.07, 6.45) is 0. The zero-order chi connectivity index (χ0) is 57.8. The van der Waals surface area contributed by atoms with Crippen LogP contribution in [-0.2, 0) is 0 Å². The predicted molar refractivity (Wildman–Crippen MR) is 364 cm³/mol. The third kappa shape index (κ3) is 7.88. The van der Waals surface area contributed by atoms with E-state index in [9.17, 15) is 0 Å². The summed E-state index contributed by atoms with van der Waals surface area (Å²) in [5.41, 5.74) is 20.8. The molecule has 0 saturated carbocycles. The van der Waals surface area contributed by atoms with Crippen LogP contribution in [0.3, 0.4) is 0 Å². The summed E-state index contributed by atoms with van der Waals surface area (Å²) in [6.45, 7) is 0. The van der Waals surface area contributed by atoms with Crippen molar-refractivity contribution in [2.24, 2.45) is 0 Å². The predicted octanol–water partition coefficient (Wildman–Crippen LogP) is 20.6. The first-order valence-electron chi connectivity index (χ1n) is 29.9. The molecule has 0 aliphatic rings. The molecule has 0 N–H and O–H groups in total. The van der Waals surface area contributed by atoms with E-state index in [0.29, 0.717) is 17.7 Å². The van der Waals surface area contributed by atoms with E-state index in [2.05, 4.69) is 328 Å².